The number of unbranched alkanes of at least 4 members (excludes halogenated alkanes) is 5. The van der Waals surface area contributed by atoms with Gasteiger partial charge in [0.2, 0.25) is 0 Å². The second-order valence-electron chi connectivity index (χ2n) is 5.62. The van der Waals surface area contributed by atoms with E-state index >= 15 is 0 Å². The Morgan fingerprint density at radius 3 is 1.91 bits per heavy atom. The Kier molecular flexibility index (Phi) is 14.7. The molecule has 0 aliphatic rings. The first kappa shape index (κ1) is 22.1. The lowest BCUT2D eigenvalue weighted by molar-refractivity contribution is -0.109. The molecule has 0 aliphatic heterocycles. The standard InChI is InChI=1S/C17H38O4Si/c1-6-10-12-14-16-22(19-8-3,20-9-4)21-17(5)18-15-13-11-7-2/h17H,6-16H2,1-5H3. The van der Waals surface area contributed by atoms with E-state index in [2.05, 4.69) is 13.8 Å². The zero-order valence-corrected chi connectivity index (χ0v) is 16.5. The van der Waals surface area contributed by atoms with Gasteiger partial charge in [0.1, 0.15) is 6.29 Å². The lowest BCUT2D eigenvalue weighted by Crippen LogP contribution is -2.48. The summed E-state index contributed by atoms with van der Waals surface area (Å²) in [4.78, 5) is 0. The van der Waals surface area contributed by atoms with Crippen molar-refractivity contribution in [2.45, 2.75) is 91.9 Å². The zero-order chi connectivity index (χ0) is 16.7. The maximum atomic E-state index is 6.15. The molecule has 134 valence electrons. The van der Waals surface area contributed by atoms with E-state index in [4.69, 9.17) is 18.0 Å². The molecule has 0 saturated heterocycles. The van der Waals surface area contributed by atoms with Crippen LogP contribution in [-0.4, -0.2) is 34.9 Å². The first-order valence-corrected chi connectivity index (χ1v) is 11.1. The fraction of sp³-hybridized carbons (Fsp3) is 1.00. The lowest BCUT2D eigenvalue weighted by Gasteiger charge is -2.31. The second-order valence-corrected chi connectivity index (χ2v) is 8.30. The fourth-order valence-corrected chi connectivity index (χ4v) is 5.17. The predicted molar refractivity (Wildman–Crippen MR) is 94.0 cm³/mol. The van der Waals surface area contributed by atoms with Crippen LogP contribution in [0.1, 0.15) is 79.6 Å². The minimum atomic E-state index is -2.60. The third-order valence-corrected chi connectivity index (χ3v) is 6.62. The molecule has 0 bridgehead atoms. The summed E-state index contributed by atoms with van der Waals surface area (Å²) in [7, 11) is -2.60. The van der Waals surface area contributed by atoms with E-state index in [1.165, 1.54) is 32.1 Å². The molecule has 0 N–H and O–H groups in total. The summed E-state index contributed by atoms with van der Waals surface area (Å²) in [6.45, 7) is 12.4. The van der Waals surface area contributed by atoms with E-state index in [1.807, 2.05) is 20.8 Å². The summed E-state index contributed by atoms with van der Waals surface area (Å²) in [5, 5.41) is 0. The van der Waals surface area contributed by atoms with E-state index in [9.17, 15) is 0 Å². The summed E-state index contributed by atoms with van der Waals surface area (Å²) in [6, 6.07) is 0.886. The summed E-state index contributed by atoms with van der Waals surface area (Å²) in [6.07, 6.45) is 8.02. The highest BCUT2D eigenvalue weighted by molar-refractivity contribution is 6.60. The van der Waals surface area contributed by atoms with Crippen molar-refractivity contribution >= 4 is 8.80 Å². The maximum Gasteiger partial charge on any atom is 0.502 e. The Morgan fingerprint density at radius 2 is 1.36 bits per heavy atom. The van der Waals surface area contributed by atoms with Gasteiger partial charge in [-0.3, -0.25) is 0 Å². The molecule has 0 fully saturated rings. The molecular formula is C17H38O4Si. The van der Waals surface area contributed by atoms with Crippen molar-refractivity contribution in [3.63, 3.8) is 0 Å². The van der Waals surface area contributed by atoms with Gasteiger partial charge in [0.05, 0.1) is 0 Å². The van der Waals surface area contributed by atoms with Crippen molar-refractivity contribution in [1.29, 1.82) is 0 Å². The lowest BCUT2D eigenvalue weighted by atomic mass is 10.2. The van der Waals surface area contributed by atoms with Crippen molar-refractivity contribution in [2.24, 2.45) is 0 Å². The molecule has 1 unspecified atom stereocenters. The molecular weight excluding hydrogens is 296 g/mol. The molecule has 0 aromatic heterocycles. The van der Waals surface area contributed by atoms with Crippen LogP contribution in [0.2, 0.25) is 6.04 Å². The van der Waals surface area contributed by atoms with E-state index in [0.717, 1.165) is 25.5 Å². The van der Waals surface area contributed by atoms with Crippen LogP contribution in [0.15, 0.2) is 0 Å². The minimum Gasteiger partial charge on any atom is -0.374 e. The van der Waals surface area contributed by atoms with Gasteiger partial charge in [-0.2, -0.15) is 0 Å². The average molecular weight is 335 g/mol. The largest absolute Gasteiger partial charge is 0.502 e. The fourth-order valence-electron chi connectivity index (χ4n) is 2.41. The van der Waals surface area contributed by atoms with Crippen LogP contribution >= 0.6 is 0 Å². The highest BCUT2D eigenvalue weighted by Gasteiger charge is 2.41. The van der Waals surface area contributed by atoms with Crippen LogP contribution in [0.25, 0.3) is 0 Å². The first-order chi connectivity index (χ1) is 10.6. The molecule has 1 atom stereocenters. The number of hydrogen-bond acceptors (Lipinski definition) is 4. The van der Waals surface area contributed by atoms with Crippen molar-refractivity contribution in [1.82, 2.24) is 0 Å². The van der Waals surface area contributed by atoms with Crippen molar-refractivity contribution in [3.8, 4) is 0 Å². The molecule has 0 heterocycles. The molecule has 5 heteroatoms. The number of rotatable bonds is 16. The maximum absolute atomic E-state index is 6.15. The van der Waals surface area contributed by atoms with Crippen LogP contribution in [0.4, 0.5) is 0 Å². The van der Waals surface area contributed by atoms with Crippen molar-refractivity contribution in [3.05, 3.63) is 0 Å². The quantitative estimate of drug-likeness (QED) is 0.222. The topological polar surface area (TPSA) is 36.9 Å². The van der Waals surface area contributed by atoms with E-state index in [1.54, 1.807) is 0 Å². The smallest absolute Gasteiger partial charge is 0.374 e. The van der Waals surface area contributed by atoms with Gasteiger partial charge >= 0.3 is 8.80 Å². The highest BCUT2D eigenvalue weighted by Crippen LogP contribution is 2.22. The summed E-state index contributed by atoms with van der Waals surface area (Å²) in [5.41, 5.74) is 0. The normalized spacial score (nSPS) is 13.5. The van der Waals surface area contributed by atoms with Gasteiger partial charge in [-0.15, -0.1) is 0 Å². The first-order valence-electron chi connectivity index (χ1n) is 9.21. The van der Waals surface area contributed by atoms with Gasteiger partial charge in [-0.1, -0.05) is 46.0 Å². The summed E-state index contributed by atoms with van der Waals surface area (Å²) >= 11 is 0. The SMILES string of the molecule is CCCCCC[Si](OCC)(OCC)OC(C)OCCCCC. The Hall–Kier alpha value is 0.0569. The minimum absolute atomic E-state index is 0.257. The molecule has 0 aliphatic carbocycles. The van der Waals surface area contributed by atoms with Gasteiger partial charge in [0.15, 0.2) is 0 Å². The Labute approximate surface area is 139 Å². The molecule has 0 aromatic rings. The Balaban J connectivity index is 4.39. The second kappa shape index (κ2) is 14.6. The predicted octanol–water partition coefficient (Wildman–Crippen LogP) is 5.15. The third-order valence-electron chi connectivity index (χ3n) is 3.51. The molecule has 0 radical (unpaired) electrons. The van der Waals surface area contributed by atoms with Crippen LogP contribution in [-0.2, 0) is 18.0 Å². The summed E-state index contributed by atoms with van der Waals surface area (Å²) in [5.74, 6) is 0. The van der Waals surface area contributed by atoms with Gasteiger partial charge in [-0.05, 0) is 33.6 Å². The number of ether oxygens (including phenoxy) is 1. The van der Waals surface area contributed by atoms with Gasteiger partial charge in [-0.25, -0.2) is 0 Å². The molecule has 0 rings (SSSR count). The zero-order valence-electron chi connectivity index (χ0n) is 15.5. The molecule has 0 aromatic carbocycles. The van der Waals surface area contributed by atoms with E-state index in [0.29, 0.717) is 13.2 Å². The average Bonchev–Trinajstić information content (AvgIpc) is 2.49. The van der Waals surface area contributed by atoms with Gasteiger partial charge < -0.3 is 18.0 Å². The van der Waals surface area contributed by atoms with Crippen LogP contribution in [0.3, 0.4) is 0 Å². The Bertz CT molecular complexity index is 233. The van der Waals surface area contributed by atoms with Crippen molar-refractivity contribution in [2.75, 3.05) is 19.8 Å². The van der Waals surface area contributed by atoms with Crippen LogP contribution in [0, 0.1) is 0 Å². The number of hydrogen-bond donors (Lipinski definition) is 0. The molecule has 4 nitrogen and oxygen atoms in total. The monoisotopic (exact) mass is 334 g/mol. The van der Waals surface area contributed by atoms with E-state index in [-0.39, 0.29) is 6.29 Å². The Morgan fingerprint density at radius 1 is 0.773 bits per heavy atom. The van der Waals surface area contributed by atoms with Crippen molar-refractivity contribution < 1.29 is 18.0 Å². The molecule has 0 amide bonds. The van der Waals surface area contributed by atoms with Gasteiger partial charge in [0.25, 0.3) is 0 Å². The molecule has 0 saturated carbocycles. The summed E-state index contributed by atoms with van der Waals surface area (Å²) < 4.78 is 23.8. The third kappa shape index (κ3) is 10.7. The van der Waals surface area contributed by atoms with E-state index < -0.39 is 8.80 Å². The van der Waals surface area contributed by atoms with Crippen LogP contribution in [0.5, 0.6) is 0 Å². The van der Waals surface area contributed by atoms with Gasteiger partial charge in [0, 0.05) is 25.9 Å². The molecule has 0 spiro atoms. The van der Waals surface area contributed by atoms with Crippen LogP contribution < -0.4 is 0 Å². The highest BCUT2D eigenvalue weighted by atomic mass is 28.4. The molecule has 22 heavy (non-hydrogen) atoms.